The molecule has 0 bridgehead atoms. The first-order chi connectivity index (χ1) is 9.10. The van der Waals surface area contributed by atoms with Crippen molar-refractivity contribution in [2.24, 2.45) is 5.73 Å². The molecule has 0 saturated carbocycles. The Morgan fingerprint density at radius 3 is 2.57 bits per heavy atom. The van der Waals surface area contributed by atoms with Crippen molar-refractivity contribution in [1.82, 2.24) is 9.80 Å². The third kappa shape index (κ3) is 3.64. The lowest BCUT2D eigenvalue weighted by Gasteiger charge is -2.46. The summed E-state index contributed by atoms with van der Waals surface area (Å²) < 4.78 is 5.34. The number of hydrogen-bond acceptors (Lipinski definition) is 4. The molecule has 21 heavy (non-hydrogen) atoms. The van der Waals surface area contributed by atoms with E-state index in [4.69, 9.17) is 10.5 Å². The summed E-state index contributed by atoms with van der Waals surface area (Å²) in [6.45, 7) is 6.43. The summed E-state index contributed by atoms with van der Waals surface area (Å²) in [5.41, 5.74) is 5.66. The average Bonchev–Trinajstić information content (AvgIpc) is 2.85. The van der Waals surface area contributed by atoms with Crippen molar-refractivity contribution in [2.75, 3.05) is 32.8 Å². The van der Waals surface area contributed by atoms with Gasteiger partial charge in [-0.15, -0.1) is 24.8 Å². The largest absolute Gasteiger partial charge is 0.381 e. The number of hydrogen-bond donors (Lipinski definition) is 1. The van der Waals surface area contributed by atoms with Gasteiger partial charge in [-0.25, -0.2) is 0 Å². The maximum atomic E-state index is 12.8. The van der Waals surface area contributed by atoms with E-state index in [0.29, 0.717) is 32.1 Å². The highest BCUT2D eigenvalue weighted by Gasteiger charge is 2.44. The number of amides is 1. The van der Waals surface area contributed by atoms with E-state index in [1.807, 2.05) is 4.90 Å². The van der Waals surface area contributed by atoms with E-state index in [2.05, 4.69) is 11.8 Å². The van der Waals surface area contributed by atoms with Gasteiger partial charge < -0.3 is 15.4 Å². The van der Waals surface area contributed by atoms with E-state index < -0.39 is 5.54 Å². The van der Waals surface area contributed by atoms with Gasteiger partial charge in [-0.3, -0.25) is 9.69 Å². The van der Waals surface area contributed by atoms with E-state index in [-0.39, 0.29) is 36.8 Å². The molecule has 3 heterocycles. The Balaban J connectivity index is 0.00000110. The minimum atomic E-state index is -0.687. The van der Waals surface area contributed by atoms with Crippen LogP contribution in [0, 0.1) is 0 Å². The van der Waals surface area contributed by atoms with E-state index in [1.54, 1.807) is 0 Å². The molecule has 0 spiro atoms. The van der Waals surface area contributed by atoms with Gasteiger partial charge in [0.2, 0.25) is 5.91 Å². The van der Waals surface area contributed by atoms with Crippen molar-refractivity contribution in [1.29, 1.82) is 0 Å². The monoisotopic (exact) mass is 339 g/mol. The zero-order valence-corrected chi connectivity index (χ0v) is 14.3. The average molecular weight is 340 g/mol. The lowest BCUT2D eigenvalue weighted by molar-refractivity contribution is -0.146. The minimum Gasteiger partial charge on any atom is -0.381 e. The van der Waals surface area contributed by atoms with Crippen LogP contribution < -0.4 is 5.73 Å². The van der Waals surface area contributed by atoms with Crippen LogP contribution in [0.5, 0.6) is 0 Å². The molecule has 0 aromatic carbocycles. The molecule has 0 aromatic rings. The van der Waals surface area contributed by atoms with Crippen molar-refractivity contribution in [2.45, 2.75) is 50.2 Å². The van der Waals surface area contributed by atoms with E-state index in [9.17, 15) is 4.79 Å². The van der Waals surface area contributed by atoms with Crippen LogP contribution in [0.4, 0.5) is 0 Å². The Morgan fingerprint density at radius 2 is 1.90 bits per heavy atom. The Hall–Kier alpha value is -0.0700. The predicted octanol–water partition coefficient (Wildman–Crippen LogP) is 1.03. The lowest BCUT2D eigenvalue weighted by Crippen LogP contribution is -2.65. The quantitative estimate of drug-likeness (QED) is 0.775. The van der Waals surface area contributed by atoms with Crippen LogP contribution in [0.3, 0.4) is 0 Å². The summed E-state index contributed by atoms with van der Waals surface area (Å²) in [7, 11) is 0. The smallest absolute Gasteiger partial charge is 0.243 e. The standard InChI is InChI=1S/C14H25N3O2.2ClH/c1-11-9-16-6-2-3-12(16)10-17(11)13(18)14(15)4-7-19-8-5-14;;/h11-12H,2-10,15H2,1H3;2*1H. The first-order valence-corrected chi connectivity index (χ1v) is 7.52. The number of piperazine rings is 1. The van der Waals surface area contributed by atoms with Gasteiger partial charge in [0, 0.05) is 38.4 Å². The summed E-state index contributed by atoms with van der Waals surface area (Å²) in [4.78, 5) is 17.4. The van der Waals surface area contributed by atoms with Crippen molar-refractivity contribution in [3.8, 4) is 0 Å². The van der Waals surface area contributed by atoms with Crippen LogP contribution in [-0.2, 0) is 9.53 Å². The highest BCUT2D eigenvalue weighted by atomic mass is 35.5. The SMILES string of the molecule is CC1CN2CCCC2CN1C(=O)C1(N)CCOCC1.Cl.Cl. The van der Waals surface area contributed by atoms with E-state index in [1.165, 1.54) is 19.4 Å². The van der Waals surface area contributed by atoms with Crippen molar-refractivity contribution in [3.63, 3.8) is 0 Å². The van der Waals surface area contributed by atoms with Crippen LogP contribution in [0.25, 0.3) is 0 Å². The van der Waals surface area contributed by atoms with Crippen molar-refractivity contribution >= 4 is 30.7 Å². The minimum absolute atomic E-state index is 0. The molecule has 2 N–H and O–H groups in total. The molecule has 0 aliphatic carbocycles. The molecule has 3 fully saturated rings. The molecule has 3 rings (SSSR count). The number of rotatable bonds is 1. The Kier molecular flexibility index (Phi) is 6.75. The normalized spacial score (nSPS) is 31.8. The Morgan fingerprint density at radius 1 is 1.24 bits per heavy atom. The Bertz CT molecular complexity index is 364. The van der Waals surface area contributed by atoms with Crippen LogP contribution in [0.15, 0.2) is 0 Å². The van der Waals surface area contributed by atoms with Gasteiger partial charge in [-0.05, 0) is 39.2 Å². The first-order valence-electron chi connectivity index (χ1n) is 7.52. The number of fused-ring (bicyclic) bond motifs is 1. The number of carbonyl (C=O) groups excluding carboxylic acids is 1. The van der Waals surface area contributed by atoms with Crippen molar-refractivity contribution in [3.05, 3.63) is 0 Å². The Labute approximate surface area is 139 Å². The fraction of sp³-hybridized carbons (Fsp3) is 0.929. The molecule has 124 valence electrons. The molecule has 5 nitrogen and oxygen atoms in total. The van der Waals surface area contributed by atoms with Crippen LogP contribution in [-0.4, -0.2) is 66.2 Å². The number of halogens is 2. The summed E-state index contributed by atoms with van der Waals surface area (Å²) in [6, 6.07) is 0.841. The highest BCUT2D eigenvalue weighted by molar-refractivity contribution is 5.86. The maximum absolute atomic E-state index is 12.8. The van der Waals surface area contributed by atoms with Gasteiger partial charge in [0.1, 0.15) is 0 Å². The van der Waals surface area contributed by atoms with Gasteiger partial charge in [0.15, 0.2) is 0 Å². The molecule has 3 aliphatic rings. The zero-order chi connectivity index (χ0) is 13.5. The van der Waals surface area contributed by atoms with Gasteiger partial charge in [-0.1, -0.05) is 0 Å². The van der Waals surface area contributed by atoms with Gasteiger partial charge in [0.05, 0.1) is 5.54 Å². The molecular formula is C14H27Cl2N3O2. The topological polar surface area (TPSA) is 58.8 Å². The van der Waals surface area contributed by atoms with Gasteiger partial charge in [0.25, 0.3) is 0 Å². The molecular weight excluding hydrogens is 313 g/mol. The van der Waals surface area contributed by atoms with Crippen molar-refractivity contribution < 1.29 is 9.53 Å². The molecule has 3 aliphatic heterocycles. The third-order valence-corrected chi connectivity index (χ3v) is 5.01. The molecule has 7 heteroatoms. The maximum Gasteiger partial charge on any atom is 0.243 e. The number of nitrogens with zero attached hydrogens (tertiary/aromatic N) is 2. The number of nitrogens with two attached hydrogens (primary N) is 1. The molecule has 3 saturated heterocycles. The van der Waals surface area contributed by atoms with E-state index in [0.717, 1.165) is 13.1 Å². The first kappa shape index (κ1) is 19.0. The molecule has 0 radical (unpaired) electrons. The second-order valence-electron chi connectivity index (χ2n) is 6.37. The molecule has 0 aromatic heterocycles. The number of ether oxygens (including phenoxy) is 1. The number of carbonyl (C=O) groups is 1. The van der Waals surface area contributed by atoms with Gasteiger partial charge in [-0.2, -0.15) is 0 Å². The summed E-state index contributed by atoms with van der Waals surface area (Å²) >= 11 is 0. The third-order valence-electron chi connectivity index (χ3n) is 5.01. The summed E-state index contributed by atoms with van der Waals surface area (Å²) in [5.74, 6) is 0.148. The summed E-state index contributed by atoms with van der Waals surface area (Å²) in [6.07, 6.45) is 3.80. The zero-order valence-electron chi connectivity index (χ0n) is 12.6. The highest BCUT2D eigenvalue weighted by Crippen LogP contribution is 2.28. The second-order valence-corrected chi connectivity index (χ2v) is 6.37. The fourth-order valence-electron chi connectivity index (χ4n) is 3.71. The fourth-order valence-corrected chi connectivity index (χ4v) is 3.71. The lowest BCUT2D eigenvalue weighted by atomic mass is 9.88. The summed E-state index contributed by atoms with van der Waals surface area (Å²) in [5, 5.41) is 0. The van der Waals surface area contributed by atoms with Crippen LogP contribution in [0.2, 0.25) is 0 Å². The molecule has 1 amide bonds. The molecule has 2 unspecified atom stereocenters. The van der Waals surface area contributed by atoms with Gasteiger partial charge >= 0.3 is 0 Å². The van der Waals surface area contributed by atoms with E-state index >= 15 is 0 Å². The second kappa shape index (κ2) is 7.47. The van der Waals surface area contributed by atoms with Crippen LogP contribution >= 0.6 is 24.8 Å². The predicted molar refractivity (Wildman–Crippen MR) is 87.2 cm³/mol. The molecule has 2 atom stereocenters. The van der Waals surface area contributed by atoms with Crippen LogP contribution in [0.1, 0.15) is 32.6 Å².